The van der Waals surface area contributed by atoms with Crippen LogP contribution in [0.2, 0.25) is 0 Å². The molecule has 2 nitrogen and oxygen atoms in total. The Bertz CT molecular complexity index is 198. The first-order chi connectivity index (χ1) is 4.93. The standard InChI is InChI=1S/C7H8N2S/c10-6-8-5-7-3-1-2-4-9-7/h1-4,6H,5H2,(H,8,10). The van der Waals surface area contributed by atoms with Crippen molar-refractivity contribution in [2.24, 2.45) is 0 Å². The van der Waals surface area contributed by atoms with Gasteiger partial charge >= 0.3 is 0 Å². The van der Waals surface area contributed by atoms with Crippen molar-refractivity contribution in [2.75, 3.05) is 0 Å². The zero-order valence-corrected chi connectivity index (χ0v) is 6.27. The van der Waals surface area contributed by atoms with Gasteiger partial charge in [-0.3, -0.25) is 4.98 Å². The monoisotopic (exact) mass is 152 g/mol. The molecule has 0 atom stereocenters. The maximum absolute atomic E-state index is 4.59. The lowest BCUT2D eigenvalue weighted by atomic mass is 10.3. The quantitative estimate of drug-likeness (QED) is 0.657. The van der Waals surface area contributed by atoms with Gasteiger partial charge in [-0.05, 0) is 12.1 Å². The van der Waals surface area contributed by atoms with Crippen molar-refractivity contribution >= 4 is 17.7 Å². The number of thiocarbonyl (C=S) groups is 1. The highest BCUT2D eigenvalue weighted by Crippen LogP contribution is 1.90. The first kappa shape index (κ1) is 7.15. The highest BCUT2D eigenvalue weighted by molar-refractivity contribution is 7.78. The van der Waals surface area contributed by atoms with Gasteiger partial charge in [0.15, 0.2) is 0 Å². The second-order valence-corrected chi connectivity index (χ2v) is 2.06. The molecule has 0 aliphatic carbocycles. The molecule has 0 fully saturated rings. The van der Waals surface area contributed by atoms with Crippen LogP contribution in [0.15, 0.2) is 24.4 Å². The minimum absolute atomic E-state index is 0.713. The molecule has 0 bridgehead atoms. The fourth-order valence-corrected chi connectivity index (χ4v) is 0.732. The number of nitrogens with zero attached hydrogens (tertiary/aromatic N) is 1. The average molecular weight is 152 g/mol. The first-order valence-electron chi connectivity index (χ1n) is 3.00. The fraction of sp³-hybridized carbons (Fsp3) is 0.143. The highest BCUT2D eigenvalue weighted by Gasteiger charge is 1.86. The SMILES string of the molecule is S=CNCc1ccccn1. The second-order valence-electron chi connectivity index (χ2n) is 1.82. The predicted molar refractivity (Wildman–Crippen MR) is 44.7 cm³/mol. The minimum atomic E-state index is 0.713. The zero-order valence-electron chi connectivity index (χ0n) is 5.45. The van der Waals surface area contributed by atoms with Gasteiger partial charge in [-0.15, -0.1) is 0 Å². The number of hydrogen-bond donors (Lipinski definition) is 1. The summed E-state index contributed by atoms with van der Waals surface area (Å²) in [4.78, 5) is 4.09. The smallest absolute Gasteiger partial charge is 0.0618 e. The van der Waals surface area contributed by atoms with E-state index in [0.717, 1.165) is 5.69 Å². The van der Waals surface area contributed by atoms with E-state index in [1.165, 1.54) is 5.49 Å². The Morgan fingerprint density at radius 3 is 3.10 bits per heavy atom. The first-order valence-corrected chi connectivity index (χ1v) is 3.47. The molecule has 0 aromatic carbocycles. The van der Waals surface area contributed by atoms with Crippen molar-refractivity contribution in [2.45, 2.75) is 6.54 Å². The lowest BCUT2D eigenvalue weighted by Crippen LogP contribution is -2.09. The van der Waals surface area contributed by atoms with Crippen LogP contribution in [0.1, 0.15) is 5.69 Å². The van der Waals surface area contributed by atoms with Crippen molar-refractivity contribution in [1.29, 1.82) is 0 Å². The Hall–Kier alpha value is -0.960. The van der Waals surface area contributed by atoms with Crippen LogP contribution < -0.4 is 5.32 Å². The summed E-state index contributed by atoms with van der Waals surface area (Å²) >= 11 is 4.59. The van der Waals surface area contributed by atoms with Gasteiger partial charge in [0, 0.05) is 6.20 Å². The molecule has 0 amide bonds. The van der Waals surface area contributed by atoms with E-state index in [-0.39, 0.29) is 0 Å². The average Bonchev–Trinajstić information content (AvgIpc) is 2.03. The fourth-order valence-electron chi connectivity index (χ4n) is 0.649. The van der Waals surface area contributed by atoms with E-state index >= 15 is 0 Å². The van der Waals surface area contributed by atoms with E-state index in [1.807, 2.05) is 18.2 Å². The molecule has 1 rings (SSSR count). The molecule has 1 aromatic heterocycles. The largest absolute Gasteiger partial charge is 0.377 e. The molecule has 0 radical (unpaired) electrons. The summed E-state index contributed by atoms with van der Waals surface area (Å²) in [5.41, 5.74) is 2.50. The van der Waals surface area contributed by atoms with Gasteiger partial charge in [0.25, 0.3) is 0 Å². The van der Waals surface area contributed by atoms with Gasteiger partial charge in [0.05, 0.1) is 17.7 Å². The van der Waals surface area contributed by atoms with Gasteiger partial charge in [-0.1, -0.05) is 18.3 Å². The summed E-state index contributed by atoms with van der Waals surface area (Å²) in [6.45, 7) is 0.713. The van der Waals surface area contributed by atoms with Gasteiger partial charge < -0.3 is 5.32 Å². The van der Waals surface area contributed by atoms with Crippen LogP contribution in [-0.4, -0.2) is 10.5 Å². The predicted octanol–water partition coefficient (Wildman–Crippen LogP) is 1.13. The van der Waals surface area contributed by atoms with Gasteiger partial charge in [-0.2, -0.15) is 0 Å². The normalized spacial score (nSPS) is 8.80. The summed E-state index contributed by atoms with van der Waals surface area (Å²) in [6.07, 6.45) is 1.76. The van der Waals surface area contributed by atoms with Crippen molar-refractivity contribution in [3.05, 3.63) is 30.1 Å². The van der Waals surface area contributed by atoms with Crippen LogP contribution in [0.25, 0.3) is 0 Å². The number of rotatable bonds is 3. The van der Waals surface area contributed by atoms with E-state index in [9.17, 15) is 0 Å². The Morgan fingerprint density at radius 1 is 1.60 bits per heavy atom. The van der Waals surface area contributed by atoms with Gasteiger partial charge in [-0.25, -0.2) is 0 Å². The lowest BCUT2D eigenvalue weighted by molar-refractivity contribution is 0.896. The minimum Gasteiger partial charge on any atom is -0.377 e. The topological polar surface area (TPSA) is 24.9 Å². The Labute approximate surface area is 65.3 Å². The number of aromatic nitrogens is 1. The summed E-state index contributed by atoms with van der Waals surface area (Å²) < 4.78 is 0. The van der Waals surface area contributed by atoms with Crippen molar-refractivity contribution in [1.82, 2.24) is 10.3 Å². The van der Waals surface area contributed by atoms with Crippen LogP contribution in [-0.2, 0) is 6.54 Å². The molecule has 0 spiro atoms. The lowest BCUT2D eigenvalue weighted by Gasteiger charge is -1.96. The Balaban J connectivity index is 2.50. The molecule has 0 aliphatic heterocycles. The number of pyridine rings is 1. The number of nitrogens with one attached hydrogen (secondary N) is 1. The Morgan fingerprint density at radius 2 is 2.50 bits per heavy atom. The molecular formula is C7H8N2S. The van der Waals surface area contributed by atoms with E-state index in [4.69, 9.17) is 0 Å². The van der Waals surface area contributed by atoms with Crippen LogP contribution in [0.4, 0.5) is 0 Å². The molecule has 52 valence electrons. The van der Waals surface area contributed by atoms with Crippen molar-refractivity contribution in [3.63, 3.8) is 0 Å². The molecule has 0 saturated carbocycles. The van der Waals surface area contributed by atoms with Crippen LogP contribution in [0, 0.1) is 0 Å². The maximum Gasteiger partial charge on any atom is 0.0618 e. The third-order valence-electron chi connectivity index (χ3n) is 1.09. The Kier molecular flexibility index (Phi) is 2.83. The molecule has 1 aromatic rings. The molecule has 1 N–H and O–H groups in total. The summed E-state index contributed by atoms with van der Waals surface area (Å²) in [5, 5.41) is 2.89. The summed E-state index contributed by atoms with van der Waals surface area (Å²) in [6, 6.07) is 5.79. The third-order valence-corrected chi connectivity index (χ3v) is 1.26. The van der Waals surface area contributed by atoms with Gasteiger partial charge in [0.1, 0.15) is 0 Å². The molecular weight excluding hydrogens is 144 g/mol. The molecule has 3 heteroatoms. The van der Waals surface area contributed by atoms with E-state index < -0.39 is 0 Å². The molecule has 1 heterocycles. The second kappa shape index (κ2) is 3.95. The number of hydrogen-bond acceptors (Lipinski definition) is 2. The van der Waals surface area contributed by atoms with Gasteiger partial charge in [0.2, 0.25) is 0 Å². The van der Waals surface area contributed by atoms with Crippen LogP contribution >= 0.6 is 12.2 Å². The van der Waals surface area contributed by atoms with Crippen LogP contribution in [0.3, 0.4) is 0 Å². The zero-order chi connectivity index (χ0) is 7.23. The van der Waals surface area contributed by atoms with E-state index in [0.29, 0.717) is 6.54 Å². The van der Waals surface area contributed by atoms with E-state index in [2.05, 4.69) is 22.5 Å². The van der Waals surface area contributed by atoms with Crippen molar-refractivity contribution in [3.8, 4) is 0 Å². The molecule has 0 saturated heterocycles. The summed E-state index contributed by atoms with van der Waals surface area (Å²) in [5.74, 6) is 0. The van der Waals surface area contributed by atoms with E-state index in [1.54, 1.807) is 6.20 Å². The third kappa shape index (κ3) is 2.11. The maximum atomic E-state index is 4.59. The molecule has 0 aliphatic rings. The van der Waals surface area contributed by atoms with Crippen molar-refractivity contribution < 1.29 is 0 Å². The molecule has 0 unspecified atom stereocenters. The van der Waals surface area contributed by atoms with Crippen LogP contribution in [0.5, 0.6) is 0 Å². The summed E-state index contributed by atoms with van der Waals surface area (Å²) in [7, 11) is 0. The molecule has 10 heavy (non-hydrogen) atoms. The highest BCUT2D eigenvalue weighted by atomic mass is 32.1.